The normalized spacial score (nSPS) is 10.6. The van der Waals surface area contributed by atoms with Gasteiger partial charge in [0.2, 0.25) is 0 Å². The predicted molar refractivity (Wildman–Crippen MR) is 59.8 cm³/mol. The van der Waals surface area contributed by atoms with Crippen LogP contribution in [0.1, 0.15) is 11.3 Å². The van der Waals surface area contributed by atoms with Gasteiger partial charge in [0.1, 0.15) is 17.4 Å². The van der Waals surface area contributed by atoms with E-state index in [1.165, 1.54) is 4.68 Å². The maximum absolute atomic E-state index is 12.9. The summed E-state index contributed by atoms with van der Waals surface area (Å²) in [5, 5.41) is 7.48. The zero-order valence-corrected chi connectivity index (χ0v) is 9.73. The second-order valence-corrected chi connectivity index (χ2v) is 4.05. The van der Waals surface area contributed by atoms with Crippen LogP contribution >= 0.6 is 0 Å². The Labute approximate surface area is 102 Å². The van der Waals surface area contributed by atoms with Crippen molar-refractivity contribution in [1.82, 2.24) is 15.0 Å². The summed E-state index contributed by atoms with van der Waals surface area (Å²) in [6.45, 7) is 0. The Morgan fingerprint density at radius 1 is 1.22 bits per heavy atom. The molecule has 0 aliphatic rings. The second kappa shape index (κ2) is 5.03. The second-order valence-electron chi connectivity index (χ2n) is 4.05. The van der Waals surface area contributed by atoms with E-state index in [9.17, 15) is 13.6 Å². The number of rotatable bonds is 4. The third kappa shape index (κ3) is 3.19. The molecule has 1 heterocycles. The molecule has 0 saturated carbocycles. The van der Waals surface area contributed by atoms with Crippen LogP contribution < -0.4 is 0 Å². The van der Waals surface area contributed by atoms with Gasteiger partial charge in [0, 0.05) is 25.7 Å². The summed E-state index contributed by atoms with van der Waals surface area (Å²) < 4.78 is 27.4. The lowest BCUT2D eigenvalue weighted by molar-refractivity contribution is -0.117. The fraction of sp³-hybridized carbons (Fsp3) is 0.250. The van der Waals surface area contributed by atoms with Gasteiger partial charge in [0.25, 0.3) is 0 Å². The predicted octanol–water partition coefficient (Wildman–Crippen LogP) is 1.45. The van der Waals surface area contributed by atoms with E-state index in [-0.39, 0.29) is 18.6 Å². The fourth-order valence-electron chi connectivity index (χ4n) is 1.68. The molecule has 2 rings (SSSR count). The molecule has 18 heavy (non-hydrogen) atoms. The SMILES string of the molecule is Cn1cc(CC(=O)Cc2cc(F)cc(F)c2)nn1. The molecule has 94 valence electrons. The van der Waals surface area contributed by atoms with Crippen LogP contribution in [0.2, 0.25) is 0 Å². The summed E-state index contributed by atoms with van der Waals surface area (Å²) >= 11 is 0. The third-order valence-electron chi connectivity index (χ3n) is 2.35. The van der Waals surface area contributed by atoms with Crippen molar-refractivity contribution in [2.24, 2.45) is 7.05 Å². The Kier molecular flexibility index (Phi) is 3.45. The molecule has 0 N–H and O–H groups in total. The van der Waals surface area contributed by atoms with Gasteiger partial charge < -0.3 is 0 Å². The van der Waals surface area contributed by atoms with Gasteiger partial charge >= 0.3 is 0 Å². The van der Waals surface area contributed by atoms with E-state index in [0.717, 1.165) is 18.2 Å². The minimum Gasteiger partial charge on any atom is -0.299 e. The molecule has 1 aromatic heterocycles. The minimum absolute atomic E-state index is 0.0226. The first-order valence-corrected chi connectivity index (χ1v) is 5.35. The first-order valence-electron chi connectivity index (χ1n) is 5.35. The largest absolute Gasteiger partial charge is 0.299 e. The number of benzene rings is 1. The van der Waals surface area contributed by atoms with Crippen LogP contribution in [-0.4, -0.2) is 20.8 Å². The van der Waals surface area contributed by atoms with Crippen molar-refractivity contribution in [2.45, 2.75) is 12.8 Å². The zero-order valence-electron chi connectivity index (χ0n) is 9.73. The molecule has 1 aromatic carbocycles. The molecule has 0 spiro atoms. The molecule has 0 radical (unpaired) electrons. The molecule has 0 fully saturated rings. The standard InChI is InChI=1S/C12H11F2N3O/c1-17-7-11(15-16-17)6-12(18)4-8-2-9(13)5-10(14)3-8/h2-3,5,7H,4,6H2,1H3. The first-order chi connectivity index (χ1) is 8.52. The monoisotopic (exact) mass is 251 g/mol. The molecule has 0 amide bonds. The summed E-state index contributed by atoms with van der Waals surface area (Å²) in [6, 6.07) is 3.08. The molecule has 0 unspecified atom stereocenters. The molecule has 0 bridgehead atoms. The van der Waals surface area contributed by atoms with Crippen LogP contribution in [0.15, 0.2) is 24.4 Å². The number of carbonyl (C=O) groups is 1. The summed E-state index contributed by atoms with van der Waals surface area (Å²) in [5.41, 5.74) is 0.862. The quantitative estimate of drug-likeness (QED) is 0.826. The number of aromatic nitrogens is 3. The number of hydrogen-bond acceptors (Lipinski definition) is 3. The summed E-state index contributed by atoms with van der Waals surface area (Å²) in [7, 11) is 1.70. The van der Waals surface area contributed by atoms with E-state index < -0.39 is 11.6 Å². The van der Waals surface area contributed by atoms with Gasteiger partial charge in [0.05, 0.1) is 12.1 Å². The highest BCUT2D eigenvalue weighted by Gasteiger charge is 2.09. The molecule has 4 nitrogen and oxygen atoms in total. The number of aryl methyl sites for hydroxylation is 1. The van der Waals surface area contributed by atoms with E-state index in [0.29, 0.717) is 11.3 Å². The lowest BCUT2D eigenvalue weighted by atomic mass is 10.1. The summed E-state index contributed by atoms with van der Waals surface area (Å²) in [4.78, 5) is 11.7. The Morgan fingerprint density at radius 2 is 1.89 bits per heavy atom. The summed E-state index contributed by atoms with van der Waals surface area (Å²) in [6.07, 6.45) is 1.71. The number of Topliss-reactive ketones (excluding diaryl/α,β-unsaturated/α-hetero) is 1. The number of nitrogens with zero attached hydrogens (tertiary/aromatic N) is 3. The highest BCUT2D eigenvalue weighted by molar-refractivity contribution is 5.82. The molecule has 0 saturated heterocycles. The van der Waals surface area contributed by atoms with Crippen molar-refractivity contribution in [2.75, 3.05) is 0 Å². The van der Waals surface area contributed by atoms with Gasteiger partial charge in [-0.15, -0.1) is 5.10 Å². The van der Waals surface area contributed by atoms with E-state index in [2.05, 4.69) is 10.3 Å². The third-order valence-corrected chi connectivity index (χ3v) is 2.35. The van der Waals surface area contributed by atoms with Gasteiger partial charge in [-0.2, -0.15) is 0 Å². The van der Waals surface area contributed by atoms with E-state index >= 15 is 0 Å². The van der Waals surface area contributed by atoms with Crippen LogP contribution in [0, 0.1) is 11.6 Å². The van der Waals surface area contributed by atoms with Crippen LogP contribution in [0.3, 0.4) is 0 Å². The van der Waals surface area contributed by atoms with Crippen LogP contribution in [-0.2, 0) is 24.7 Å². The number of halogens is 2. The highest BCUT2D eigenvalue weighted by atomic mass is 19.1. The van der Waals surface area contributed by atoms with E-state index in [1.807, 2.05) is 0 Å². The number of ketones is 1. The van der Waals surface area contributed by atoms with Crippen molar-refractivity contribution in [3.8, 4) is 0 Å². The topological polar surface area (TPSA) is 47.8 Å². The lowest BCUT2D eigenvalue weighted by Gasteiger charge is -2.00. The Morgan fingerprint density at radius 3 is 2.44 bits per heavy atom. The van der Waals surface area contributed by atoms with Gasteiger partial charge in [-0.3, -0.25) is 9.48 Å². The van der Waals surface area contributed by atoms with Gasteiger partial charge in [-0.05, 0) is 17.7 Å². The average Bonchev–Trinajstić information content (AvgIpc) is 2.61. The molecule has 2 aromatic rings. The minimum atomic E-state index is -0.683. The molecule has 0 atom stereocenters. The Balaban J connectivity index is 2.02. The highest BCUT2D eigenvalue weighted by Crippen LogP contribution is 2.09. The Hall–Kier alpha value is -2.11. The molecular formula is C12H11F2N3O. The van der Waals surface area contributed by atoms with Gasteiger partial charge in [0.15, 0.2) is 0 Å². The van der Waals surface area contributed by atoms with Gasteiger partial charge in [-0.1, -0.05) is 5.21 Å². The smallest absolute Gasteiger partial charge is 0.143 e. The average molecular weight is 251 g/mol. The van der Waals surface area contributed by atoms with Crippen molar-refractivity contribution in [3.05, 3.63) is 47.3 Å². The van der Waals surface area contributed by atoms with Crippen molar-refractivity contribution >= 4 is 5.78 Å². The number of carbonyl (C=O) groups excluding carboxylic acids is 1. The fourth-order valence-corrected chi connectivity index (χ4v) is 1.68. The Bertz CT molecular complexity index is 560. The van der Waals surface area contributed by atoms with Crippen molar-refractivity contribution in [1.29, 1.82) is 0 Å². The maximum Gasteiger partial charge on any atom is 0.143 e. The van der Waals surface area contributed by atoms with Crippen LogP contribution in [0.4, 0.5) is 8.78 Å². The van der Waals surface area contributed by atoms with Crippen molar-refractivity contribution < 1.29 is 13.6 Å². The molecule has 0 aliphatic heterocycles. The van der Waals surface area contributed by atoms with E-state index in [4.69, 9.17) is 0 Å². The first kappa shape index (κ1) is 12.3. The van der Waals surface area contributed by atoms with Crippen LogP contribution in [0.5, 0.6) is 0 Å². The molecular weight excluding hydrogens is 240 g/mol. The van der Waals surface area contributed by atoms with Crippen molar-refractivity contribution in [3.63, 3.8) is 0 Å². The van der Waals surface area contributed by atoms with Gasteiger partial charge in [-0.25, -0.2) is 8.78 Å². The molecule has 6 heteroatoms. The zero-order chi connectivity index (χ0) is 13.1. The van der Waals surface area contributed by atoms with Crippen LogP contribution in [0.25, 0.3) is 0 Å². The molecule has 0 aliphatic carbocycles. The number of hydrogen-bond donors (Lipinski definition) is 0. The van der Waals surface area contributed by atoms with E-state index in [1.54, 1.807) is 13.2 Å². The maximum atomic E-state index is 12.9. The lowest BCUT2D eigenvalue weighted by Crippen LogP contribution is -2.07. The summed E-state index contributed by atoms with van der Waals surface area (Å²) in [5.74, 6) is -1.53.